The maximum absolute atomic E-state index is 13.9. The highest BCUT2D eigenvalue weighted by Crippen LogP contribution is 2.22. The smallest absolute Gasteiger partial charge is 0.149 e. The molecule has 0 saturated carbocycles. The number of methoxy groups -OCH3 is 2. The minimum absolute atomic E-state index is 0.0610. The molecule has 6 nitrogen and oxygen atoms in total. The zero-order chi connectivity index (χ0) is 24.2. The molecule has 0 radical (unpaired) electrons. The van der Waals surface area contributed by atoms with Gasteiger partial charge in [-0.05, 0) is 89.6 Å². The summed E-state index contributed by atoms with van der Waals surface area (Å²) < 4.78 is 26.4. The van der Waals surface area contributed by atoms with Crippen molar-refractivity contribution in [1.82, 2.24) is 0 Å². The van der Waals surface area contributed by atoms with E-state index in [-0.39, 0.29) is 24.2 Å². The number of benzene rings is 2. The van der Waals surface area contributed by atoms with Crippen LogP contribution in [0.25, 0.3) is 0 Å². The van der Waals surface area contributed by atoms with Crippen molar-refractivity contribution in [2.75, 3.05) is 20.8 Å². The van der Waals surface area contributed by atoms with Gasteiger partial charge in [0.25, 0.3) is 0 Å². The van der Waals surface area contributed by atoms with Gasteiger partial charge in [0.2, 0.25) is 0 Å². The molecule has 0 fully saturated rings. The van der Waals surface area contributed by atoms with Crippen molar-refractivity contribution in [3.8, 4) is 11.5 Å². The van der Waals surface area contributed by atoms with E-state index in [1.165, 1.54) is 0 Å². The van der Waals surface area contributed by atoms with Crippen molar-refractivity contribution < 1.29 is 27.8 Å². The molecule has 7 heteroatoms. The first-order chi connectivity index (χ1) is 15.9. The molecule has 0 saturated heterocycles. The Hall–Kier alpha value is -2.35. The number of allylic oxidation sites excluding steroid dienone is 1. The average molecular weight is 476 g/mol. The van der Waals surface area contributed by atoms with Gasteiger partial charge in [0.1, 0.15) is 24.6 Å². The topological polar surface area (TPSA) is 79.0 Å². The second kappa shape index (κ2) is 14.0. The van der Waals surface area contributed by atoms with Gasteiger partial charge in [-0.25, -0.2) is 0 Å². The molecule has 0 aromatic heterocycles. The molecule has 2 rings (SSSR count). The second-order valence-electron chi connectivity index (χ2n) is 8.21. The molecule has 182 valence electrons. The molecule has 0 unspecified atom stereocenters. The van der Waals surface area contributed by atoms with E-state index in [1.54, 1.807) is 14.2 Å². The summed E-state index contributed by atoms with van der Waals surface area (Å²) in [6, 6.07) is 15.5. The number of aliphatic hydroxyl groups excluding tert-OH is 2. The Balaban J connectivity index is 2.45. The lowest BCUT2D eigenvalue weighted by atomic mass is 9.98. The summed E-state index contributed by atoms with van der Waals surface area (Å²) in [5.74, 6) is 1.60. The quantitative estimate of drug-likeness (QED) is 0.242. The summed E-state index contributed by atoms with van der Waals surface area (Å²) in [6.45, 7) is 6.73. The van der Waals surface area contributed by atoms with Gasteiger partial charge >= 0.3 is 0 Å². The number of ether oxygens (including phenoxy) is 2. The SMILES string of the molecule is C=CC[C@H](C)[C@@H](C[C@H](O)CCO)[S-](=O)=[N+](Cc1ccc(OC)cc1)Cc1ccc(OC)cc1. The summed E-state index contributed by atoms with van der Waals surface area (Å²) in [4.78, 5) is 0. The Labute approximate surface area is 199 Å². The highest BCUT2D eigenvalue weighted by molar-refractivity contribution is 7.73. The van der Waals surface area contributed by atoms with Crippen LogP contribution in [0.5, 0.6) is 11.5 Å². The summed E-state index contributed by atoms with van der Waals surface area (Å²) in [5, 5.41) is 19.4. The third-order valence-corrected chi connectivity index (χ3v) is 7.63. The van der Waals surface area contributed by atoms with Crippen molar-refractivity contribution in [3.05, 3.63) is 72.3 Å². The third kappa shape index (κ3) is 8.50. The van der Waals surface area contributed by atoms with Crippen molar-refractivity contribution in [2.24, 2.45) is 5.92 Å². The first kappa shape index (κ1) is 26.9. The molecule has 2 N–H and O–H groups in total. The lowest BCUT2D eigenvalue weighted by Gasteiger charge is -2.28. The lowest BCUT2D eigenvalue weighted by molar-refractivity contribution is -0.536. The van der Waals surface area contributed by atoms with Crippen LogP contribution in [0.3, 0.4) is 0 Å². The predicted octanol–water partition coefficient (Wildman–Crippen LogP) is 4.28. The van der Waals surface area contributed by atoms with Crippen LogP contribution in [0, 0.1) is 5.92 Å². The first-order valence-corrected chi connectivity index (χ1v) is 12.4. The van der Waals surface area contributed by atoms with Crippen molar-refractivity contribution in [3.63, 3.8) is 0 Å². The van der Waals surface area contributed by atoms with Crippen molar-refractivity contribution in [2.45, 2.75) is 50.6 Å². The van der Waals surface area contributed by atoms with Crippen LogP contribution in [0.4, 0.5) is 0 Å². The third-order valence-electron chi connectivity index (χ3n) is 5.69. The van der Waals surface area contributed by atoms with Gasteiger partial charge in [-0.15, -0.1) is 6.58 Å². The molecular formula is C26H37NO5S. The largest absolute Gasteiger partial charge is 0.497 e. The molecule has 0 aliphatic rings. The Morgan fingerprint density at radius 3 is 1.88 bits per heavy atom. The van der Waals surface area contributed by atoms with Crippen LogP contribution in [-0.2, 0) is 27.9 Å². The molecule has 0 bridgehead atoms. The summed E-state index contributed by atoms with van der Waals surface area (Å²) in [6.07, 6.45) is 2.43. The van der Waals surface area contributed by atoms with Gasteiger partial charge in [-0.1, -0.05) is 13.0 Å². The fraction of sp³-hybridized carbons (Fsp3) is 0.462. The molecule has 33 heavy (non-hydrogen) atoms. The number of rotatable bonds is 14. The number of nitrogens with zero attached hydrogens (tertiary/aromatic N) is 1. The van der Waals surface area contributed by atoms with E-state index in [9.17, 15) is 14.4 Å². The van der Waals surface area contributed by atoms with Crippen LogP contribution in [-0.4, -0.2) is 46.3 Å². The Kier molecular flexibility index (Phi) is 11.4. The normalized spacial score (nSPS) is 13.9. The van der Waals surface area contributed by atoms with E-state index in [4.69, 9.17) is 9.47 Å². The van der Waals surface area contributed by atoms with E-state index in [1.807, 2.05) is 65.5 Å². The van der Waals surface area contributed by atoms with Gasteiger partial charge in [0.15, 0.2) is 0 Å². The molecule has 0 heterocycles. The van der Waals surface area contributed by atoms with E-state index < -0.39 is 16.7 Å². The Bertz CT molecular complexity index is 885. The lowest BCUT2D eigenvalue weighted by Crippen LogP contribution is -2.30. The summed E-state index contributed by atoms with van der Waals surface area (Å²) in [7, 11) is 1.87. The van der Waals surface area contributed by atoms with E-state index in [0.717, 1.165) is 22.6 Å². The minimum atomic E-state index is -1.39. The molecule has 2 aromatic carbocycles. The summed E-state index contributed by atoms with van der Waals surface area (Å²) >= 11 is 0. The van der Waals surface area contributed by atoms with Crippen molar-refractivity contribution >= 4 is 10.6 Å². The van der Waals surface area contributed by atoms with Crippen molar-refractivity contribution in [1.29, 1.82) is 0 Å². The van der Waals surface area contributed by atoms with Gasteiger partial charge in [0.05, 0.1) is 20.3 Å². The standard InChI is InChI=1S/C26H37NO5S/c1-5-6-20(2)26(17-23(29)15-16-28)33(30)27(18-21-7-11-24(31-3)12-8-21)19-22-9-13-25(32-4)14-10-22/h5,7-14,20,23,26,28-29H,1,6,15-19H2,2-4H3/t20-,23+,26+/m0/s1. The van der Waals surface area contributed by atoms with Crippen LogP contribution in [0.1, 0.15) is 37.3 Å². The fourth-order valence-electron chi connectivity index (χ4n) is 3.71. The highest BCUT2D eigenvalue weighted by Gasteiger charge is 2.20. The highest BCUT2D eigenvalue weighted by atomic mass is 32.2. The van der Waals surface area contributed by atoms with E-state index in [2.05, 4.69) is 6.58 Å². The van der Waals surface area contributed by atoms with E-state index >= 15 is 0 Å². The zero-order valence-corrected chi connectivity index (χ0v) is 20.7. The van der Waals surface area contributed by atoms with Gasteiger partial charge in [-0.2, -0.15) is 0 Å². The van der Waals surface area contributed by atoms with Crippen LogP contribution >= 0.6 is 0 Å². The van der Waals surface area contributed by atoms with Crippen LogP contribution in [0.15, 0.2) is 61.2 Å². The average Bonchev–Trinajstić information content (AvgIpc) is 2.83. The number of aliphatic hydroxyl groups is 2. The van der Waals surface area contributed by atoms with Gasteiger partial charge in [-0.3, -0.25) is 0 Å². The van der Waals surface area contributed by atoms with Crippen LogP contribution < -0.4 is 9.47 Å². The summed E-state index contributed by atoms with van der Waals surface area (Å²) in [5.41, 5.74) is 2.03. The predicted molar refractivity (Wildman–Crippen MR) is 132 cm³/mol. The first-order valence-electron chi connectivity index (χ1n) is 11.2. The molecule has 0 aliphatic carbocycles. The zero-order valence-electron chi connectivity index (χ0n) is 19.9. The maximum atomic E-state index is 13.9. The van der Waals surface area contributed by atoms with Crippen LogP contribution in [0.2, 0.25) is 0 Å². The van der Waals surface area contributed by atoms with Gasteiger partial charge < -0.3 is 27.8 Å². The fourth-order valence-corrected chi connectivity index (χ4v) is 5.54. The molecule has 3 atom stereocenters. The minimum Gasteiger partial charge on any atom is -0.497 e. The van der Waals surface area contributed by atoms with Gasteiger partial charge in [0, 0.05) is 17.7 Å². The second-order valence-corrected chi connectivity index (χ2v) is 9.89. The molecular weight excluding hydrogens is 438 g/mol. The monoisotopic (exact) mass is 475 g/mol. The molecule has 0 aliphatic heterocycles. The molecule has 2 aromatic rings. The Morgan fingerprint density at radius 2 is 1.48 bits per heavy atom. The molecule has 0 amide bonds. The maximum Gasteiger partial charge on any atom is 0.149 e. The Morgan fingerprint density at radius 1 is 1.00 bits per heavy atom. The molecule has 0 spiro atoms. The number of hydrogen-bond acceptors (Lipinski definition) is 6. The van der Waals surface area contributed by atoms with E-state index in [0.29, 0.717) is 25.9 Å². The number of hydrogen-bond donors (Lipinski definition) is 2.